The lowest BCUT2D eigenvalue weighted by Gasteiger charge is -2.31. The Kier molecular flexibility index (Phi) is 3.15. The SMILES string of the molecule is CNCC1Cc2c(F)cccc2N1C(C)C. The Morgan fingerprint density at radius 1 is 1.50 bits per heavy atom. The van der Waals surface area contributed by atoms with E-state index >= 15 is 0 Å². The zero-order valence-electron chi connectivity index (χ0n) is 10.1. The van der Waals surface area contributed by atoms with Crippen LogP contribution in [0.15, 0.2) is 18.2 Å². The predicted octanol–water partition coefficient (Wildman–Crippen LogP) is 2.18. The summed E-state index contributed by atoms with van der Waals surface area (Å²) >= 11 is 0. The predicted molar refractivity (Wildman–Crippen MR) is 65.4 cm³/mol. The van der Waals surface area contributed by atoms with Crippen molar-refractivity contribution < 1.29 is 4.39 Å². The molecule has 0 aliphatic carbocycles. The van der Waals surface area contributed by atoms with Gasteiger partial charge in [0.25, 0.3) is 0 Å². The molecule has 0 amide bonds. The number of likely N-dealkylation sites (N-methyl/N-ethyl adjacent to an activating group) is 1. The van der Waals surface area contributed by atoms with Crippen LogP contribution in [0.2, 0.25) is 0 Å². The molecule has 2 rings (SSSR count). The van der Waals surface area contributed by atoms with Crippen LogP contribution >= 0.6 is 0 Å². The Labute approximate surface area is 96.5 Å². The molecule has 16 heavy (non-hydrogen) atoms. The third kappa shape index (κ3) is 1.80. The number of benzene rings is 1. The fourth-order valence-corrected chi connectivity index (χ4v) is 2.63. The first kappa shape index (κ1) is 11.4. The average molecular weight is 222 g/mol. The summed E-state index contributed by atoms with van der Waals surface area (Å²) in [5.74, 6) is -0.0678. The Morgan fingerprint density at radius 3 is 2.88 bits per heavy atom. The minimum Gasteiger partial charge on any atom is -0.364 e. The minimum atomic E-state index is -0.0678. The number of nitrogens with one attached hydrogen (secondary N) is 1. The highest BCUT2D eigenvalue weighted by atomic mass is 19.1. The molecule has 1 unspecified atom stereocenters. The molecule has 88 valence electrons. The van der Waals surface area contributed by atoms with Crippen molar-refractivity contribution in [1.82, 2.24) is 5.32 Å². The maximum absolute atomic E-state index is 13.7. The van der Waals surface area contributed by atoms with Crippen LogP contribution in [0.3, 0.4) is 0 Å². The molecule has 1 aromatic rings. The Morgan fingerprint density at radius 2 is 2.25 bits per heavy atom. The number of nitrogens with zero attached hydrogens (tertiary/aromatic N) is 1. The van der Waals surface area contributed by atoms with E-state index in [1.165, 1.54) is 0 Å². The number of halogens is 1. The van der Waals surface area contributed by atoms with Crippen LogP contribution in [0.25, 0.3) is 0 Å². The maximum Gasteiger partial charge on any atom is 0.128 e. The lowest BCUT2D eigenvalue weighted by atomic mass is 10.1. The van der Waals surface area contributed by atoms with Gasteiger partial charge in [-0.25, -0.2) is 4.39 Å². The van der Waals surface area contributed by atoms with Gasteiger partial charge in [-0.15, -0.1) is 0 Å². The van der Waals surface area contributed by atoms with Crippen LogP contribution in [0, 0.1) is 5.82 Å². The molecule has 1 N–H and O–H groups in total. The molecule has 0 saturated heterocycles. The molecule has 1 aromatic carbocycles. The molecule has 0 bridgehead atoms. The van der Waals surface area contributed by atoms with Crippen LogP contribution in [0.1, 0.15) is 19.4 Å². The first-order valence-corrected chi connectivity index (χ1v) is 5.85. The summed E-state index contributed by atoms with van der Waals surface area (Å²) in [6, 6.07) is 6.15. The summed E-state index contributed by atoms with van der Waals surface area (Å²) < 4.78 is 13.7. The van der Waals surface area contributed by atoms with Crippen molar-refractivity contribution in [2.45, 2.75) is 32.4 Å². The highest BCUT2D eigenvalue weighted by Crippen LogP contribution is 2.35. The van der Waals surface area contributed by atoms with Crippen molar-refractivity contribution in [1.29, 1.82) is 0 Å². The molecule has 1 heterocycles. The summed E-state index contributed by atoms with van der Waals surface area (Å²) in [5.41, 5.74) is 1.94. The van der Waals surface area contributed by atoms with Crippen molar-refractivity contribution in [3.05, 3.63) is 29.6 Å². The summed E-state index contributed by atoms with van der Waals surface area (Å²) in [6.07, 6.45) is 0.807. The summed E-state index contributed by atoms with van der Waals surface area (Å²) in [7, 11) is 1.94. The zero-order valence-corrected chi connectivity index (χ0v) is 10.1. The van der Waals surface area contributed by atoms with Gasteiger partial charge in [0.2, 0.25) is 0 Å². The standard InChI is InChI=1S/C13H19FN2/c1-9(2)16-10(8-15-3)7-11-12(14)5-4-6-13(11)16/h4-6,9-10,15H,7-8H2,1-3H3. The molecule has 1 aliphatic heterocycles. The quantitative estimate of drug-likeness (QED) is 0.843. The molecule has 0 radical (unpaired) electrons. The van der Waals surface area contributed by atoms with Crippen LogP contribution in [-0.4, -0.2) is 25.7 Å². The molecule has 1 atom stereocenters. The number of hydrogen-bond donors (Lipinski definition) is 1. The fraction of sp³-hybridized carbons (Fsp3) is 0.538. The molecule has 0 aromatic heterocycles. The van der Waals surface area contributed by atoms with Gasteiger partial charge in [-0.05, 0) is 39.4 Å². The Hall–Kier alpha value is -1.09. The molecule has 0 spiro atoms. The van der Waals surface area contributed by atoms with Crippen molar-refractivity contribution in [3.8, 4) is 0 Å². The number of rotatable bonds is 3. The zero-order chi connectivity index (χ0) is 11.7. The monoisotopic (exact) mass is 222 g/mol. The van der Waals surface area contributed by atoms with Crippen LogP contribution in [-0.2, 0) is 6.42 Å². The van der Waals surface area contributed by atoms with Gasteiger partial charge in [-0.1, -0.05) is 6.07 Å². The molecule has 1 aliphatic rings. The van der Waals surface area contributed by atoms with Gasteiger partial charge in [0.1, 0.15) is 5.82 Å². The van der Waals surface area contributed by atoms with Crippen molar-refractivity contribution in [3.63, 3.8) is 0 Å². The smallest absolute Gasteiger partial charge is 0.128 e. The number of hydrogen-bond acceptors (Lipinski definition) is 2. The maximum atomic E-state index is 13.7. The lowest BCUT2D eigenvalue weighted by Crippen LogP contribution is -2.43. The second kappa shape index (κ2) is 4.42. The van der Waals surface area contributed by atoms with E-state index in [9.17, 15) is 4.39 Å². The van der Waals surface area contributed by atoms with Crippen molar-refractivity contribution in [2.75, 3.05) is 18.5 Å². The third-order valence-electron chi connectivity index (χ3n) is 3.20. The van der Waals surface area contributed by atoms with E-state index in [1.54, 1.807) is 12.1 Å². The Bertz CT molecular complexity index is 376. The highest BCUT2D eigenvalue weighted by molar-refractivity contribution is 5.60. The van der Waals surface area contributed by atoms with E-state index in [2.05, 4.69) is 24.1 Å². The first-order valence-electron chi connectivity index (χ1n) is 5.85. The van der Waals surface area contributed by atoms with Gasteiger partial charge in [0.15, 0.2) is 0 Å². The van der Waals surface area contributed by atoms with Gasteiger partial charge in [0.05, 0.1) is 0 Å². The van der Waals surface area contributed by atoms with E-state index in [0.717, 1.165) is 24.2 Å². The normalized spacial score (nSPS) is 19.3. The van der Waals surface area contributed by atoms with Gasteiger partial charge in [-0.3, -0.25) is 0 Å². The molecular weight excluding hydrogens is 203 g/mol. The lowest BCUT2D eigenvalue weighted by molar-refractivity contribution is 0.538. The highest BCUT2D eigenvalue weighted by Gasteiger charge is 2.32. The fourth-order valence-electron chi connectivity index (χ4n) is 2.63. The van der Waals surface area contributed by atoms with Gasteiger partial charge < -0.3 is 10.2 Å². The minimum absolute atomic E-state index is 0.0678. The second-order valence-electron chi connectivity index (χ2n) is 4.65. The molecule has 0 fully saturated rings. The van der Waals surface area contributed by atoms with Gasteiger partial charge in [0, 0.05) is 29.9 Å². The largest absolute Gasteiger partial charge is 0.364 e. The van der Waals surface area contributed by atoms with E-state index in [1.807, 2.05) is 13.1 Å². The van der Waals surface area contributed by atoms with E-state index in [4.69, 9.17) is 0 Å². The third-order valence-corrected chi connectivity index (χ3v) is 3.20. The topological polar surface area (TPSA) is 15.3 Å². The van der Waals surface area contributed by atoms with E-state index < -0.39 is 0 Å². The second-order valence-corrected chi connectivity index (χ2v) is 4.65. The van der Waals surface area contributed by atoms with Crippen molar-refractivity contribution >= 4 is 5.69 Å². The molecule has 0 saturated carbocycles. The number of fused-ring (bicyclic) bond motifs is 1. The van der Waals surface area contributed by atoms with E-state index in [0.29, 0.717) is 12.1 Å². The van der Waals surface area contributed by atoms with Crippen LogP contribution in [0.4, 0.5) is 10.1 Å². The summed E-state index contributed by atoms with van der Waals surface area (Å²) in [5, 5.41) is 3.18. The van der Waals surface area contributed by atoms with E-state index in [-0.39, 0.29) is 5.82 Å². The molecule has 3 heteroatoms. The van der Waals surface area contributed by atoms with Crippen molar-refractivity contribution in [2.24, 2.45) is 0 Å². The summed E-state index contributed by atoms with van der Waals surface area (Å²) in [4.78, 5) is 2.31. The summed E-state index contributed by atoms with van der Waals surface area (Å²) in [6.45, 7) is 5.21. The molecular formula is C13H19FN2. The van der Waals surface area contributed by atoms with Crippen LogP contribution < -0.4 is 10.2 Å². The molecule has 2 nitrogen and oxygen atoms in total. The first-order chi connectivity index (χ1) is 7.65. The Balaban J connectivity index is 2.37. The number of anilines is 1. The van der Waals surface area contributed by atoms with Crippen LogP contribution in [0.5, 0.6) is 0 Å². The van der Waals surface area contributed by atoms with Gasteiger partial charge in [-0.2, -0.15) is 0 Å². The van der Waals surface area contributed by atoms with Gasteiger partial charge >= 0.3 is 0 Å². The average Bonchev–Trinajstić information content (AvgIpc) is 2.58.